The van der Waals surface area contributed by atoms with Crippen molar-refractivity contribution in [3.63, 3.8) is 0 Å². The zero-order chi connectivity index (χ0) is 22.8. The van der Waals surface area contributed by atoms with E-state index < -0.39 is 0 Å². The van der Waals surface area contributed by atoms with Gasteiger partial charge in [0.2, 0.25) is 11.1 Å². The summed E-state index contributed by atoms with van der Waals surface area (Å²) in [5.74, 6) is 1.07. The number of thiazole rings is 1. The second-order valence-electron chi connectivity index (χ2n) is 7.01. The van der Waals surface area contributed by atoms with Crippen LogP contribution in [0.25, 0.3) is 17.0 Å². The molecule has 0 saturated heterocycles. The van der Waals surface area contributed by atoms with Gasteiger partial charge in [0, 0.05) is 28.8 Å². The van der Waals surface area contributed by atoms with Crippen LogP contribution in [0, 0.1) is 13.8 Å². The van der Waals surface area contributed by atoms with E-state index in [-0.39, 0.29) is 5.91 Å². The van der Waals surface area contributed by atoms with Gasteiger partial charge in [-0.3, -0.25) is 4.79 Å². The lowest BCUT2D eigenvalue weighted by Crippen LogP contribution is -2.14. The van der Waals surface area contributed by atoms with Gasteiger partial charge in [-0.25, -0.2) is 14.5 Å². The lowest BCUT2D eigenvalue weighted by Gasteiger charge is -2.10. The Morgan fingerprint density at radius 2 is 2.09 bits per heavy atom. The van der Waals surface area contributed by atoms with E-state index >= 15 is 0 Å². The van der Waals surface area contributed by atoms with Crippen LogP contribution in [0.3, 0.4) is 0 Å². The topological polar surface area (TPSA) is 94.3 Å². The molecule has 0 spiro atoms. The molecule has 8 nitrogen and oxygen atoms in total. The van der Waals surface area contributed by atoms with E-state index in [0.717, 1.165) is 28.2 Å². The van der Waals surface area contributed by atoms with Crippen LogP contribution < -0.4 is 10.1 Å². The molecule has 1 aromatic carbocycles. The molecule has 0 radical (unpaired) electrons. The predicted octanol–water partition coefficient (Wildman–Crippen LogP) is 4.82. The summed E-state index contributed by atoms with van der Waals surface area (Å²) in [4.78, 5) is 26.0. The third-order valence-corrected chi connectivity index (χ3v) is 6.60. The number of anilines is 1. The Labute approximate surface area is 198 Å². The first-order valence-corrected chi connectivity index (χ1v) is 12.2. The molecule has 3 heterocycles. The molecule has 0 atom stereocenters. The molecule has 32 heavy (non-hydrogen) atoms. The number of carbonyl (C=O) groups is 1. The molecule has 11 heteroatoms. The number of carbonyl (C=O) groups excluding carboxylic acids is 1. The van der Waals surface area contributed by atoms with Crippen molar-refractivity contribution in [3.05, 3.63) is 45.6 Å². The number of fused-ring (bicyclic) bond motifs is 1. The molecule has 0 unspecified atom stereocenters. The van der Waals surface area contributed by atoms with Crippen molar-refractivity contribution in [1.82, 2.24) is 24.6 Å². The molecule has 1 amide bonds. The fraction of sp³-hybridized carbons (Fsp3) is 0.286. The molecular weight excluding hydrogens is 468 g/mol. The Kier molecular flexibility index (Phi) is 6.63. The van der Waals surface area contributed by atoms with Crippen LogP contribution in [0.1, 0.15) is 23.4 Å². The Morgan fingerprint density at radius 1 is 1.28 bits per heavy atom. The zero-order valence-electron chi connectivity index (χ0n) is 18.0. The molecule has 0 aliphatic carbocycles. The van der Waals surface area contributed by atoms with Gasteiger partial charge in [0.15, 0.2) is 5.13 Å². The molecule has 4 rings (SSSR count). The Bertz CT molecular complexity index is 1300. The lowest BCUT2D eigenvalue weighted by molar-refractivity contribution is -0.116. The van der Waals surface area contributed by atoms with Crippen molar-refractivity contribution in [2.75, 3.05) is 18.7 Å². The highest BCUT2D eigenvalue weighted by Crippen LogP contribution is 2.31. The standard InChI is InChI=1S/C21H21ClN6O2S2/c1-11-14(12(2)28-19(23-11)26-21(27-28)31-4)6-8-18(29)25-20-24-16(10-32-20)13-5-7-17(30-3)15(22)9-13/h5,7,9-10H,6,8H2,1-4H3,(H,24,25,29). The van der Waals surface area contributed by atoms with Gasteiger partial charge < -0.3 is 10.1 Å². The van der Waals surface area contributed by atoms with Gasteiger partial charge in [0.1, 0.15) is 5.75 Å². The Balaban J connectivity index is 1.43. The van der Waals surface area contributed by atoms with Gasteiger partial charge in [-0.1, -0.05) is 23.4 Å². The van der Waals surface area contributed by atoms with E-state index in [1.165, 1.54) is 23.1 Å². The summed E-state index contributed by atoms with van der Waals surface area (Å²) >= 11 is 9.05. The predicted molar refractivity (Wildman–Crippen MR) is 128 cm³/mol. The summed E-state index contributed by atoms with van der Waals surface area (Å²) in [6.07, 6.45) is 2.78. The molecule has 0 saturated carbocycles. The number of amides is 1. The molecule has 166 valence electrons. The Hall–Kier alpha value is -2.69. The number of thioether (sulfide) groups is 1. The summed E-state index contributed by atoms with van der Waals surface area (Å²) < 4.78 is 6.92. The number of benzene rings is 1. The number of aryl methyl sites for hydroxylation is 2. The van der Waals surface area contributed by atoms with Gasteiger partial charge in [-0.05, 0) is 50.3 Å². The average Bonchev–Trinajstić information content (AvgIpc) is 3.40. The summed E-state index contributed by atoms with van der Waals surface area (Å²) in [5.41, 5.74) is 4.40. The number of ether oxygens (including phenoxy) is 1. The highest BCUT2D eigenvalue weighted by molar-refractivity contribution is 7.98. The van der Waals surface area contributed by atoms with Crippen LogP contribution >= 0.6 is 34.7 Å². The summed E-state index contributed by atoms with van der Waals surface area (Å²) in [6, 6.07) is 5.47. The number of hydrogen-bond acceptors (Lipinski definition) is 8. The maximum Gasteiger partial charge on any atom is 0.253 e. The van der Waals surface area contributed by atoms with Gasteiger partial charge in [-0.15, -0.1) is 16.4 Å². The first kappa shape index (κ1) is 22.5. The van der Waals surface area contributed by atoms with Crippen LogP contribution in [-0.2, 0) is 11.2 Å². The summed E-state index contributed by atoms with van der Waals surface area (Å²) in [5, 5.41) is 10.9. The third kappa shape index (κ3) is 4.57. The number of nitrogens with zero attached hydrogens (tertiary/aromatic N) is 5. The van der Waals surface area contributed by atoms with E-state index in [1.54, 1.807) is 23.8 Å². The van der Waals surface area contributed by atoms with Crippen LogP contribution in [0.5, 0.6) is 5.75 Å². The first-order valence-electron chi connectivity index (χ1n) is 9.75. The molecular formula is C21H21ClN6O2S2. The quantitative estimate of drug-likeness (QED) is 0.372. The third-order valence-electron chi connectivity index (χ3n) is 5.01. The number of methoxy groups -OCH3 is 1. The number of halogens is 1. The van der Waals surface area contributed by atoms with Crippen molar-refractivity contribution >= 4 is 51.5 Å². The minimum Gasteiger partial charge on any atom is -0.495 e. The molecule has 0 bridgehead atoms. The normalized spacial score (nSPS) is 11.2. The highest BCUT2D eigenvalue weighted by Gasteiger charge is 2.15. The van der Waals surface area contributed by atoms with Gasteiger partial charge in [0.25, 0.3) is 5.78 Å². The molecule has 3 aromatic heterocycles. The van der Waals surface area contributed by atoms with Crippen LogP contribution in [0.2, 0.25) is 5.02 Å². The van der Waals surface area contributed by atoms with Crippen LogP contribution in [0.15, 0.2) is 28.7 Å². The van der Waals surface area contributed by atoms with E-state index in [1.807, 2.05) is 31.5 Å². The van der Waals surface area contributed by atoms with Crippen molar-refractivity contribution in [1.29, 1.82) is 0 Å². The van der Waals surface area contributed by atoms with Gasteiger partial charge >= 0.3 is 0 Å². The minimum atomic E-state index is -0.110. The maximum absolute atomic E-state index is 12.6. The monoisotopic (exact) mass is 488 g/mol. The Morgan fingerprint density at radius 3 is 2.81 bits per heavy atom. The molecule has 0 aliphatic heterocycles. The van der Waals surface area contributed by atoms with E-state index in [2.05, 4.69) is 25.4 Å². The van der Waals surface area contributed by atoms with E-state index in [9.17, 15) is 4.79 Å². The first-order chi connectivity index (χ1) is 15.4. The number of hydrogen-bond donors (Lipinski definition) is 1. The average molecular weight is 489 g/mol. The summed E-state index contributed by atoms with van der Waals surface area (Å²) in [7, 11) is 1.57. The second kappa shape index (κ2) is 9.43. The molecule has 0 fully saturated rings. The van der Waals surface area contributed by atoms with Crippen molar-refractivity contribution in [2.45, 2.75) is 31.8 Å². The highest BCUT2D eigenvalue weighted by atomic mass is 35.5. The summed E-state index contributed by atoms with van der Waals surface area (Å²) in [6.45, 7) is 3.90. The molecule has 1 N–H and O–H groups in total. The SMILES string of the molecule is COc1ccc(-c2csc(NC(=O)CCc3c(C)nc4nc(SC)nn4c3C)n2)cc1Cl. The maximum atomic E-state index is 12.6. The number of aromatic nitrogens is 5. The number of nitrogens with one attached hydrogen (secondary N) is 1. The van der Waals surface area contributed by atoms with Crippen molar-refractivity contribution in [3.8, 4) is 17.0 Å². The fourth-order valence-electron chi connectivity index (χ4n) is 3.35. The molecule has 0 aliphatic rings. The fourth-order valence-corrected chi connectivity index (χ4v) is 4.68. The zero-order valence-corrected chi connectivity index (χ0v) is 20.4. The van der Waals surface area contributed by atoms with Crippen LogP contribution in [0.4, 0.5) is 5.13 Å². The van der Waals surface area contributed by atoms with Gasteiger partial charge in [0.05, 0.1) is 17.8 Å². The largest absolute Gasteiger partial charge is 0.495 e. The number of rotatable bonds is 7. The van der Waals surface area contributed by atoms with E-state index in [0.29, 0.717) is 39.7 Å². The molecule has 4 aromatic rings. The van der Waals surface area contributed by atoms with Gasteiger partial charge in [-0.2, -0.15) is 4.98 Å². The minimum absolute atomic E-state index is 0.110. The second-order valence-corrected chi connectivity index (χ2v) is 9.05. The van der Waals surface area contributed by atoms with Crippen LogP contribution in [-0.4, -0.2) is 43.8 Å². The lowest BCUT2D eigenvalue weighted by atomic mass is 10.1. The van der Waals surface area contributed by atoms with Crippen molar-refractivity contribution < 1.29 is 9.53 Å². The van der Waals surface area contributed by atoms with Crippen molar-refractivity contribution in [2.24, 2.45) is 0 Å². The van der Waals surface area contributed by atoms with E-state index in [4.69, 9.17) is 16.3 Å². The smallest absolute Gasteiger partial charge is 0.253 e.